The van der Waals surface area contributed by atoms with Crippen molar-refractivity contribution in [2.75, 3.05) is 7.11 Å². The number of sulfonamides is 1. The monoisotopic (exact) mass is 306 g/mol. The Balaban J connectivity index is 2.11. The van der Waals surface area contributed by atoms with E-state index in [-0.39, 0.29) is 11.3 Å². The molecule has 1 amide bonds. The lowest BCUT2D eigenvalue weighted by atomic mass is 10.2. The van der Waals surface area contributed by atoms with Crippen LogP contribution >= 0.6 is 0 Å². The number of amides is 1. The Morgan fingerprint density at radius 1 is 1.29 bits per heavy atom. The molecule has 0 bridgehead atoms. The summed E-state index contributed by atoms with van der Waals surface area (Å²) in [5, 5.41) is 0. The maximum Gasteiger partial charge on any atom is 0.264 e. The first-order valence-electron chi connectivity index (χ1n) is 6.10. The number of ether oxygens (including phenoxy) is 1. The van der Waals surface area contributed by atoms with Crippen LogP contribution in [0.5, 0.6) is 5.75 Å². The summed E-state index contributed by atoms with van der Waals surface area (Å²) < 4.78 is 31.2. The number of pyridine rings is 1. The summed E-state index contributed by atoms with van der Waals surface area (Å²) >= 11 is 0. The molecule has 1 heterocycles. The Hall–Kier alpha value is -2.41. The lowest BCUT2D eigenvalue weighted by Crippen LogP contribution is -2.31. The molecule has 0 radical (unpaired) electrons. The van der Waals surface area contributed by atoms with Gasteiger partial charge < -0.3 is 4.74 Å². The molecule has 0 saturated heterocycles. The van der Waals surface area contributed by atoms with E-state index in [4.69, 9.17) is 4.74 Å². The molecule has 0 atom stereocenters. The summed E-state index contributed by atoms with van der Waals surface area (Å²) in [6.07, 6.45) is 3.03. The molecule has 0 aliphatic rings. The predicted molar refractivity (Wildman–Crippen MR) is 76.3 cm³/mol. The third-order valence-corrected chi connectivity index (χ3v) is 4.06. The molecular weight excluding hydrogens is 292 g/mol. The number of hydrogen-bond donors (Lipinski definition) is 1. The van der Waals surface area contributed by atoms with Crippen LogP contribution in [-0.2, 0) is 21.2 Å². The zero-order valence-electron chi connectivity index (χ0n) is 11.3. The molecule has 0 aliphatic heterocycles. The topological polar surface area (TPSA) is 85.4 Å². The first kappa shape index (κ1) is 15.0. The van der Waals surface area contributed by atoms with Gasteiger partial charge in [0.1, 0.15) is 5.75 Å². The Morgan fingerprint density at radius 3 is 2.76 bits per heavy atom. The van der Waals surface area contributed by atoms with E-state index in [2.05, 4.69) is 4.98 Å². The van der Waals surface area contributed by atoms with Gasteiger partial charge in [-0.2, -0.15) is 0 Å². The Labute approximate surface area is 122 Å². The molecule has 0 unspecified atom stereocenters. The highest BCUT2D eigenvalue weighted by molar-refractivity contribution is 7.90. The van der Waals surface area contributed by atoms with E-state index in [0.29, 0.717) is 11.3 Å². The molecule has 1 aromatic carbocycles. The summed E-state index contributed by atoms with van der Waals surface area (Å²) in [6, 6.07) is 9.28. The van der Waals surface area contributed by atoms with Gasteiger partial charge in [-0.05, 0) is 23.8 Å². The molecule has 0 saturated carbocycles. The number of methoxy groups -OCH3 is 1. The van der Waals surface area contributed by atoms with Crippen LogP contribution < -0.4 is 9.46 Å². The van der Waals surface area contributed by atoms with Crippen molar-refractivity contribution in [3.63, 3.8) is 0 Å². The summed E-state index contributed by atoms with van der Waals surface area (Å²) in [5.41, 5.74) is 0.635. The minimum Gasteiger partial charge on any atom is -0.497 e. The quantitative estimate of drug-likeness (QED) is 0.895. The largest absolute Gasteiger partial charge is 0.497 e. The van der Waals surface area contributed by atoms with Crippen molar-refractivity contribution in [1.29, 1.82) is 0 Å². The highest BCUT2D eigenvalue weighted by atomic mass is 32.2. The van der Waals surface area contributed by atoms with E-state index < -0.39 is 15.9 Å². The molecular formula is C14H14N2O4S. The third-order valence-electron chi connectivity index (χ3n) is 2.69. The van der Waals surface area contributed by atoms with Gasteiger partial charge in [0.05, 0.1) is 18.4 Å². The second-order valence-electron chi connectivity index (χ2n) is 4.25. The van der Waals surface area contributed by atoms with Crippen LogP contribution in [0.3, 0.4) is 0 Å². The number of benzene rings is 1. The number of carbonyl (C=O) groups excluding carboxylic acids is 1. The van der Waals surface area contributed by atoms with Gasteiger partial charge in [0.15, 0.2) is 0 Å². The minimum absolute atomic E-state index is 0.0265. The van der Waals surface area contributed by atoms with Gasteiger partial charge in [0.2, 0.25) is 5.91 Å². The molecule has 2 aromatic rings. The van der Waals surface area contributed by atoms with Crippen LogP contribution in [0, 0.1) is 0 Å². The van der Waals surface area contributed by atoms with E-state index in [1.54, 1.807) is 30.5 Å². The molecule has 1 aromatic heterocycles. The van der Waals surface area contributed by atoms with Gasteiger partial charge in [-0.15, -0.1) is 0 Å². The van der Waals surface area contributed by atoms with Gasteiger partial charge in [-0.1, -0.05) is 12.1 Å². The van der Waals surface area contributed by atoms with Crippen LogP contribution in [-0.4, -0.2) is 26.4 Å². The maximum absolute atomic E-state index is 12.1. The second kappa shape index (κ2) is 6.36. The van der Waals surface area contributed by atoms with Crippen molar-refractivity contribution in [2.24, 2.45) is 0 Å². The van der Waals surface area contributed by atoms with Gasteiger partial charge in [0, 0.05) is 18.5 Å². The SMILES string of the molecule is COc1cccc(S(=O)(=O)NC(=O)Cc2cccnc2)c1. The van der Waals surface area contributed by atoms with Gasteiger partial charge in [-0.3, -0.25) is 9.78 Å². The zero-order valence-corrected chi connectivity index (χ0v) is 12.1. The zero-order chi connectivity index (χ0) is 15.3. The van der Waals surface area contributed by atoms with Crippen LogP contribution in [0.15, 0.2) is 53.7 Å². The average molecular weight is 306 g/mol. The summed E-state index contributed by atoms with van der Waals surface area (Å²) in [5.74, 6) is -0.219. The lowest BCUT2D eigenvalue weighted by Gasteiger charge is -2.08. The summed E-state index contributed by atoms with van der Waals surface area (Å²) in [6.45, 7) is 0. The first-order valence-corrected chi connectivity index (χ1v) is 7.58. The van der Waals surface area contributed by atoms with Crippen molar-refractivity contribution < 1.29 is 17.9 Å². The van der Waals surface area contributed by atoms with Crippen LogP contribution in [0.1, 0.15) is 5.56 Å². The second-order valence-corrected chi connectivity index (χ2v) is 5.93. The Bertz CT molecular complexity index is 730. The number of rotatable bonds is 5. The number of nitrogens with zero attached hydrogens (tertiary/aromatic N) is 1. The molecule has 0 spiro atoms. The van der Waals surface area contributed by atoms with Gasteiger partial charge in [0.25, 0.3) is 10.0 Å². The van der Waals surface area contributed by atoms with E-state index in [1.165, 1.54) is 25.4 Å². The van der Waals surface area contributed by atoms with Crippen molar-refractivity contribution in [1.82, 2.24) is 9.71 Å². The fraction of sp³-hybridized carbons (Fsp3) is 0.143. The maximum atomic E-state index is 12.1. The highest BCUT2D eigenvalue weighted by Gasteiger charge is 2.18. The fourth-order valence-corrected chi connectivity index (χ4v) is 2.72. The van der Waals surface area contributed by atoms with Crippen molar-refractivity contribution >= 4 is 15.9 Å². The van der Waals surface area contributed by atoms with Crippen molar-refractivity contribution in [3.8, 4) is 5.75 Å². The normalized spacial score (nSPS) is 10.9. The molecule has 1 N–H and O–H groups in total. The van der Waals surface area contributed by atoms with Crippen LogP contribution in [0.2, 0.25) is 0 Å². The van der Waals surface area contributed by atoms with Gasteiger partial charge in [-0.25, -0.2) is 13.1 Å². The van der Waals surface area contributed by atoms with Gasteiger partial charge >= 0.3 is 0 Å². The number of aromatic nitrogens is 1. The van der Waals surface area contributed by atoms with Crippen molar-refractivity contribution in [3.05, 3.63) is 54.4 Å². The number of nitrogens with one attached hydrogen (secondary N) is 1. The van der Waals surface area contributed by atoms with Crippen LogP contribution in [0.25, 0.3) is 0 Å². The van der Waals surface area contributed by atoms with Crippen LogP contribution in [0.4, 0.5) is 0 Å². The summed E-state index contributed by atoms with van der Waals surface area (Å²) in [4.78, 5) is 15.6. The van der Waals surface area contributed by atoms with E-state index in [1.807, 2.05) is 4.72 Å². The number of hydrogen-bond acceptors (Lipinski definition) is 5. The lowest BCUT2D eigenvalue weighted by molar-refractivity contribution is -0.118. The minimum atomic E-state index is -3.91. The smallest absolute Gasteiger partial charge is 0.264 e. The Kier molecular flexibility index (Phi) is 4.54. The molecule has 21 heavy (non-hydrogen) atoms. The Morgan fingerprint density at radius 2 is 2.10 bits per heavy atom. The molecule has 110 valence electrons. The standard InChI is InChI=1S/C14H14N2O4S/c1-20-12-5-2-6-13(9-12)21(18,19)16-14(17)8-11-4-3-7-15-10-11/h2-7,9-10H,8H2,1H3,(H,16,17). The fourth-order valence-electron chi connectivity index (χ4n) is 1.70. The molecule has 0 fully saturated rings. The average Bonchev–Trinajstić information content (AvgIpc) is 2.47. The van der Waals surface area contributed by atoms with Crippen molar-refractivity contribution in [2.45, 2.75) is 11.3 Å². The number of carbonyl (C=O) groups is 1. The van der Waals surface area contributed by atoms with E-state index in [0.717, 1.165) is 0 Å². The molecule has 7 heteroatoms. The first-order chi connectivity index (χ1) is 10.0. The third kappa shape index (κ3) is 4.03. The van der Waals surface area contributed by atoms with E-state index >= 15 is 0 Å². The highest BCUT2D eigenvalue weighted by Crippen LogP contribution is 2.16. The summed E-state index contributed by atoms with van der Waals surface area (Å²) in [7, 11) is -2.47. The van der Waals surface area contributed by atoms with E-state index in [9.17, 15) is 13.2 Å². The molecule has 6 nitrogen and oxygen atoms in total. The molecule has 0 aliphatic carbocycles. The predicted octanol–water partition coefficient (Wildman–Crippen LogP) is 1.14. The molecule has 2 rings (SSSR count).